The number of likely N-dealkylation sites (tertiary alicyclic amines) is 1. The lowest BCUT2D eigenvalue weighted by molar-refractivity contribution is 0.100. The van der Waals surface area contributed by atoms with Crippen LogP contribution in [0.25, 0.3) is 11.1 Å². The van der Waals surface area contributed by atoms with Crippen LogP contribution < -0.4 is 10.5 Å². The van der Waals surface area contributed by atoms with Crippen molar-refractivity contribution in [2.45, 2.75) is 44.6 Å². The van der Waals surface area contributed by atoms with Gasteiger partial charge in [0.25, 0.3) is 0 Å². The number of carbonyl (C=O) groups excluding carboxylic acids is 1. The quantitative estimate of drug-likeness (QED) is 0.601. The van der Waals surface area contributed by atoms with Crippen molar-refractivity contribution >= 4 is 5.91 Å². The molecule has 0 atom stereocenters. The first kappa shape index (κ1) is 21.7. The summed E-state index contributed by atoms with van der Waals surface area (Å²) in [4.78, 5) is 18.8. The van der Waals surface area contributed by atoms with Crippen LogP contribution in [0.5, 0.6) is 5.75 Å². The molecule has 0 spiro atoms. The van der Waals surface area contributed by atoms with E-state index in [-0.39, 0.29) is 0 Å². The van der Waals surface area contributed by atoms with Crippen molar-refractivity contribution in [1.82, 2.24) is 9.88 Å². The zero-order valence-corrected chi connectivity index (χ0v) is 19.2. The molecule has 0 unspecified atom stereocenters. The van der Waals surface area contributed by atoms with Crippen LogP contribution >= 0.6 is 0 Å². The minimum absolute atomic E-state index is 0.411. The first-order valence-corrected chi connectivity index (χ1v) is 11.9. The maximum absolute atomic E-state index is 11.5. The number of benzene rings is 2. The van der Waals surface area contributed by atoms with Crippen molar-refractivity contribution in [2.24, 2.45) is 5.73 Å². The minimum atomic E-state index is -0.411. The van der Waals surface area contributed by atoms with Crippen LogP contribution in [0.1, 0.15) is 57.9 Å². The molecular formula is C28H31N3O2. The molecule has 1 aliphatic carbocycles. The van der Waals surface area contributed by atoms with E-state index in [4.69, 9.17) is 15.5 Å². The number of amides is 1. The van der Waals surface area contributed by atoms with E-state index in [2.05, 4.69) is 29.2 Å². The second kappa shape index (κ2) is 9.36. The zero-order chi connectivity index (χ0) is 22.8. The third kappa shape index (κ3) is 4.64. The van der Waals surface area contributed by atoms with Gasteiger partial charge in [0.05, 0.1) is 7.11 Å². The van der Waals surface area contributed by atoms with Gasteiger partial charge in [-0.1, -0.05) is 24.3 Å². The molecule has 1 aromatic heterocycles. The van der Waals surface area contributed by atoms with Gasteiger partial charge >= 0.3 is 0 Å². The van der Waals surface area contributed by atoms with Gasteiger partial charge in [-0.15, -0.1) is 0 Å². The van der Waals surface area contributed by atoms with Crippen molar-refractivity contribution in [3.63, 3.8) is 0 Å². The molecule has 2 aromatic carbocycles. The second-order valence-corrected chi connectivity index (χ2v) is 9.25. The number of methoxy groups -OCH3 is 1. The van der Waals surface area contributed by atoms with Crippen LogP contribution in [0.4, 0.5) is 0 Å². The van der Waals surface area contributed by atoms with E-state index in [0.717, 1.165) is 55.0 Å². The van der Waals surface area contributed by atoms with Gasteiger partial charge in [-0.25, -0.2) is 0 Å². The maximum atomic E-state index is 11.5. The van der Waals surface area contributed by atoms with Crippen LogP contribution in [-0.4, -0.2) is 36.0 Å². The fourth-order valence-electron chi connectivity index (χ4n) is 5.26. The minimum Gasteiger partial charge on any atom is -0.496 e. The van der Waals surface area contributed by atoms with E-state index in [1.54, 1.807) is 13.2 Å². The number of hydrogen-bond acceptors (Lipinski definition) is 4. The smallest absolute Gasteiger partial charge is 0.248 e. The van der Waals surface area contributed by atoms with Crippen molar-refractivity contribution < 1.29 is 9.53 Å². The normalized spacial score (nSPS) is 16.5. The number of pyridine rings is 1. The van der Waals surface area contributed by atoms with Crippen molar-refractivity contribution in [2.75, 3.05) is 20.2 Å². The van der Waals surface area contributed by atoms with Gasteiger partial charge in [-0.2, -0.15) is 0 Å². The van der Waals surface area contributed by atoms with Gasteiger partial charge in [-0.05, 0) is 86.1 Å². The number of primary amides is 1. The summed E-state index contributed by atoms with van der Waals surface area (Å²) in [5, 5.41) is 0. The number of hydrogen-bond donors (Lipinski definition) is 1. The SMILES string of the molecule is COc1cc2c(cc1CN1CCC(c3ccc(-c4cccc(C(N)=O)c4)cn3)CC1)CCC2. The first-order valence-electron chi connectivity index (χ1n) is 11.9. The molecule has 33 heavy (non-hydrogen) atoms. The molecule has 1 saturated heterocycles. The third-order valence-corrected chi connectivity index (χ3v) is 7.16. The second-order valence-electron chi connectivity index (χ2n) is 9.25. The molecule has 2 heterocycles. The molecular weight excluding hydrogens is 410 g/mol. The van der Waals surface area contributed by atoms with Crippen LogP contribution in [0.2, 0.25) is 0 Å². The molecule has 3 aromatic rings. The fraction of sp³-hybridized carbons (Fsp3) is 0.357. The third-order valence-electron chi connectivity index (χ3n) is 7.16. The summed E-state index contributed by atoms with van der Waals surface area (Å²) < 4.78 is 5.71. The molecule has 2 N–H and O–H groups in total. The summed E-state index contributed by atoms with van der Waals surface area (Å²) in [7, 11) is 1.78. The van der Waals surface area contributed by atoms with E-state index in [9.17, 15) is 4.79 Å². The average molecular weight is 442 g/mol. The summed E-state index contributed by atoms with van der Waals surface area (Å²) in [6.07, 6.45) is 7.77. The number of ether oxygens (including phenoxy) is 1. The predicted molar refractivity (Wildman–Crippen MR) is 130 cm³/mol. The largest absolute Gasteiger partial charge is 0.496 e. The van der Waals surface area contributed by atoms with Gasteiger partial charge in [0, 0.05) is 41.0 Å². The lowest BCUT2D eigenvalue weighted by atomic mass is 9.92. The maximum Gasteiger partial charge on any atom is 0.248 e. The molecule has 5 nitrogen and oxygen atoms in total. The average Bonchev–Trinajstić information content (AvgIpc) is 3.31. The van der Waals surface area contributed by atoms with Gasteiger partial charge in [-0.3, -0.25) is 14.7 Å². The molecule has 5 heteroatoms. The molecule has 5 rings (SSSR count). The molecule has 2 aliphatic rings. The highest BCUT2D eigenvalue weighted by Gasteiger charge is 2.23. The fourth-order valence-corrected chi connectivity index (χ4v) is 5.26. The summed E-state index contributed by atoms with van der Waals surface area (Å²) in [6, 6.07) is 16.3. The topological polar surface area (TPSA) is 68.5 Å². The van der Waals surface area contributed by atoms with Crippen LogP contribution in [0, 0.1) is 0 Å². The first-order chi connectivity index (χ1) is 16.1. The summed E-state index contributed by atoms with van der Waals surface area (Å²) in [5.74, 6) is 1.11. The standard InChI is InChI=1S/C28H31N3O2/c1-33-27-16-22-6-2-4-20(22)15-25(27)18-31-12-10-19(11-13-31)26-9-8-24(17-30-26)21-5-3-7-23(14-21)28(29)32/h3,5,7-9,14-17,19H,2,4,6,10-13,18H2,1H3,(H2,29,32). The number of aromatic nitrogens is 1. The Bertz CT molecular complexity index is 1150. The Hall–Kier alpha value is -3.18. The Morgan fingerprint density at radius 2 is 1.85 bits per heavy atom. The molecule has 170 valence electrons. The van der Waals surface area contributed by atoms with E-state index in [1.807, 2.05) is 24.4 Å². The Morgan fingerprint density at radius 3 is 2.55 bits per heavy atom. The van der Waals surface area contributed by atoms with E-state index in [0.29, 0.717) is 11.5 Å². The molecule has 0 radical (unpaired) electrons. The Labute approximate surface area is 195 Å². The van der Waals surface area contributed by atoms with Gasteiger partial charge < -0.3 is 10.5 Å². The molecule has 1 amide bonds. The summed E-state index contributed by atoms with van der Waals surface area (Å²) >= 11 is 0. The highest BCUT2D eigenvalue weighted by Crippen LogP contribution is 2.33. The number of aryl methyl sites for hydroxylation is 2. The van der Waals surface area contributed by atoms with Crippen molar-refractivity contribution in [3.05, 3.63) is 82.7 Å². The zero-order valence-electron chi connectivity index (χ0n) is 19.2. The van der Waals surface area contributed by atoms with Gasteiger partial charge in [0.2, 0.25) is 5.91 Å². The van der Waals surface area contributed by atoms with E-state index >= 15 is 0 Å². The van der Waals surface area contributed by atoms with Gasteiger partial charge in [0.1, 0.15) is 5.75 Å². The number of fused-ring (bicyclic) bond motifs is 1. The monoisotopic (exact) mass is 441 g/mol. The highest BCUT2D eigenvalue weighted by atomic mass is 16.5. The predicted octanol–water partition coefficient (Wildman–Crippen LogP) is 4.72. The molecule has 1 fully saturated rings. The highest BCUT2D eigenvalue weighted by molar-refractivity contribution is 5.94. The van der Waals surface area contributed by atoms with Crippen molar-refractivity contribution in [1.29, 1.82) is 0 Å². The Morgan fingerprint density at radius 1 is 1.06 bits per heavy atom. The molecule has 0 bridgehead atoms. The van der Waals surface area contributed by atoms with Crippen molar-refractivity contribution in [3.8, 4) is 16.9 Å². The number of rotatable bonds is 6. The lowest BCUT2D eigenvalue weighted by Gasteiger charge is -2.32. The van der Waals surface area contributed by atoms with E-state index < -0.39 is 5.91 Å². The molecule has 1 aliphatic heterocycles. The van der Waals surface area contributed by atoms with Gasteiger partial charge in [0.15, 0.2) is 0 Å². The number of nitrogens with zero attached hydrogens (tertiary/aromatic N) is 2. The van der Waals surface area contributed by atoms with Crippen LogP contribution in [0.15, 0.2) is 54.7 Å². The van der Waals surface area contributed by atoms with Crippen LogP contribution in [0.3, 0.4) is 0 Å². The molecule has 0 saturated carbocycles. The number of nitrogens with two attached hydrogens (primary N) is 1. The van der Waals surface area contributed by atoms with Crippen LogP contribution in [-0.2, 0) is 19.4 Å². The summed E-state index contributed by atoms with van der Waals surface area (Å²) in [6.45, 7) is 3.08. The number of carbonyl (C=O) groups is 1. The Balaban J connectivity index is 1.22. The lowest BCUT2D eigenvalue weighted by Crippen LogP contribution is -2.32. The summed E-state index contributed by atoms with van der Waals surface area (Å²) in [5.41, 5.74) is 13.3. The number of piperidine rings is 1. The Kier molecular flexibility index (Phi) is 6.14. The van der Waals surface area contributed by atoms with E-state index in [1.165, 1.54) is 36.0 Å².